The smallest absolute Gasteiger partial charge is 0.410 e. The lowest BCUT2D eigenvalue weighted by Crippen LogP contribution is -2.61. The Morgan fingerprint density at radius 2 is 1.88 bits per heavy atom. The Hall–Kier alpha value is -2.31. The number of aromatic nitrogens is 1. The molecule has 0 aromatic carbocycles. The Morgan fingerprint density at radius 3 is 2.36 bits per heavy atom. The molecule has 0 saturated carbocycles. The molecular formula is C18H27N3O4. The monoisotopic (exact) mass is 349 g/mol. The van der Waals surface area contributed by atoms with Crippen LogP contribution in [0.4, 0.5) is 10.5 Å². The standard InChI is InChI=1S/C18H27N3O4/c1-17(2,3)25-16(23)21-10-9-20(12-18(21,4)5)13-7-8-14(19-11-13)15(22)24-6/h7-8,11H,9-10,12H2,1-6H3. The third kappa shape index (κ3) is 4.61. The highest BCUT2D eigenvalue weighted by Gasteiger charge is 2.39. The van der Waals surface area contributed by atoms with Gasteiger partial charge < -0.3 is 14.4 Å². The average molecular weight is 349 g/mol. The van der Waals surface area contributed by atoms with Crippen LogP contribution in [0.3, 0.4) is 0 Å². The number of piperazine rings is 1. The molecule has 0 N–H and O–H groups in total. The SMILES string of the molecule is COC(=O)c1ccc(N2CCN(C(=O)OC(C)(C)C)C(C)(C)C2)cn1. The van der Waals surface area contributed by atoms with Gasteiger partial charge in [0, 0.05) is 19.6 Å². The summed E-state index contributed by atoms with van der Waals surface area (Å²) >= 11 is 0. The second-order valence-electron chi connectivity index (χ2n) is 7.76. The van der Waals surface area contributed by atoms with Crippen molar-refractivity contribution in [2.45, 2.75) is 45.8 Å². The molecule has 1 aliphatic heterocycles. The number of methoxy groups -OCH3 is 1. The van der Waals surface area contributed by atoms with E-state index >= 15 is 0 Å². The summed E-state index contributed by atoms with van der Waals surface area (Å²) in [5.74, 6) is -0.457. The zero-order chi connectivity index (χ0) is 18.8. The van der Waals surface area contributed by atoms with Crippen molar-refractivity contribution in [1.82, 2.24) is 9.88 Å². The zero-order valence-corrected chi connectivity index (χ0v) is 15.8. The lowest BCUT2D eigenvalue weighted by molar-refractivity contribution is 0.000351. The zero-order valence-electron chi connectivity index (χ0n) is 15.8. The van der Waals surface area contributed by atoms with E-state index in [1.807, 2.05) is 40.7 Å². The third-order valence-electron chi connectivity index (χ3n) is 4.02. The molecule has 1 amide bonds. The maximum absolute atomic E-state index is 12.4. The van der Waals surface area contributed by atoms with Gasteiger partial charge in [0.05, 0.1) is 24.5 Å². The van der Waals surface area contributed by atoms with E-state index in [4.69, 9.17) is 4.74 Å². The van der Waals surface area contributed by atoms with Crippen molar-refractivity contribution >= 4 is 17.7 Å². The molecule has 0 atom stereocenters. The van der Waals surface area contributed by atoms with Crippen molar-refractivity contribution in [3.05, 3.63) is 24.0 Å². The Balaban J connectivity index is 2.09. The summed E-state index contributed by atoms with van der Waals surface area (Å²) in [6.45, 7) is 11.5. The van der Waals surface area contributed by atoms with Crippen LogP contribution in [0.15, 0.2) is 18.3 Å². The third-order valence-corrected chi connectivity index (χ3v) is 4.02. The molecule has 0 bridgehead atoms. The molecule has 0 aliphatic carbocycles. The van der Waals surface area contributed by atoms with Crippen molar-refractivity contribution in [2.75, 3.05) is 31.6 Å². The minimum Gasteiger partial charge on any atom is -0.464 e. The largest absolute Gasteiger partial charge is 0.464 e. The fraction of sp³-hybridized carbons (Fsp3) is 0.611. The lowest BCUT2D eigenvalue weighted by Gasteiger charge is -2.47. The van der Waals surface area contributed by atoms with Gasteiger partial charge in [-0.1, -0.05) is 0 Å². The maximum atomic E-state index is 12.4. The predicted molar refractivity (Wildman–Crippen MR) is 94.8 cm³/mol. The van der Waals surface area contributed by atoms with Crippen LogP contribution < -0.4 is 4.90 Å². The van der Waals surface area contributed by atoms with E-state index < -0.39 is 11.6 Å². The molecule has 138 valence electrons. The number of hydrogen-bond donors (Lipinski definition) is 0. The molecule has 1 saturated heterocycles. The highest BCUT2D eigenvalue weighted by molar-refractivity contribution is 5.87. The normalized spacial score (nSPS) is 17.2. The number of anilines is 1. The Morgan fingerprint density at radius 1 is 1.20 bits per heavy atom. The van der Waals surface area contributed by atoms with Crippen LogP contribution in [-0.4, -0.2) is 59.8 Å². The van der Waals surface area contributed by atoms with Gasteiger partial charge in [0.15, 0.2) is 0 Å². The Labute approximate surface area is 148 Å². The van der Waals surface area contributed by atoms with Gasteiger partial charge in [-0.3, -0.25) is 4.90 Å². The summed E-state index contributed by atoms with van der Waals surface area (Å²) in [4.78, 5) is 32.0. The Bertz CT molecular complexity index is 635. The number of nitrogens with zero attached hydrogens (tertiary/aromatic N) is 3. The number of esters is 1. The van der Waals surface area contributed by atoms with Gasteiger partial charge in [-0.2, -0.15) is 0 Å². The molecule has 2 heterocycles. The van der Waals surface area contributed by atoms with E-state index in [1.54, 1.807) is 17.2 Å². The second-order valence-corrected chi connectivity index (χ2v) is 7.76. The second kappa shape index (κ2) is 6.90. The van der Waals surface area contributed by atoms with Crippen LogP contribution in [0.25, 0.3) is 0 Å². The quantitative estimate of drug-likeness (QED) is 0.765. The van der Waals surface area contributed by atoms with Crippen LogP contribution >= 0.6 is 0 Å². The number of carbonyl (C=O) groups excluding carboxylic acids is 2. The predicted octanol–water partition coefficient (Wildman–Crippen LogP) is 2.70. The van der Waals surface area contributed by atoms with Gasteiger partial charge in [0.1, 0.15) is 11.3 Å². The van der Waals surface area contributed by atoms with Crippen LogP contribution in [-0.2, 0) is 9.47 Å². The summed E-state index contributed by atoms with van der Waals surface area (Å²) in [5, 5.41) is 0. The summed E-state index contributed by atoms with van der Waals surface area (Å²) in [6.07, 6.45) is 1.36. The van der Waals surface area contributed by atoms with E-state index in [9.17, 15) is 9.59 Å². The van der Waals surface area contributed by atoms with E-state index in [2.05, 4.69) is 14.6 Å². The molecule has 0 spiro atoms. The molecule has 2 rings (SSSR count). The Kier molecular flexibility index (Phi) is 5.25. The molecule has 1 aliphatic rings. The topological polar surface area (TPSA) is 72.0 Å². The van der Waals surface area contributed by atoms with E-state index in [0.717, 1.165) is 5.69 Å². The van der Waals surface area contributed by atoms with Crippen molar-refractivity contribution in [1.29, 1.82) is 0 Å². The molecule has 0 unspecified atom stereocenters. The van der Waals surface area contributed by atoms with Gasteiger partial charge in [0.2, 0.25) is 0 Å². The average Bonchev–Trinajstić information content (AvgIpc) is 2.51. The van der Waals surface area contributed by atoms with Gasteiger partial charge in [0.25, 0.3) is 0 Å². The van der Waals surface area contributed by atoms with Crippen LogP contribution in [0.2, 0.25) is 0 Å². The molecule has 1 fully saturated rings. The molecule has 25 heavy (non-hydrogen) atoms. The van der Waals surface area contributed by atoms with Gasteiger partial charge in [-0.15, -0.1) is 0 Å². The summed E-state index contributed by atoms with van der Waals surface area (Å²) in [5.41, 5.74) is 0.280. The maximum Gasteiger partial charge on any atom is 0.410 e. The lowest BCUT2D eigenvalue weighted by atomic mass is 9.99. The van der Waals surface area contributed by atoms with E-state index in [1.165, 1.54) is 7.11 Å². The van der Waals surface area contributed by atoms with E-state index in [0.29, 0.717) is 19.6 Å². The van der Waals surface area contributed by atoms with Crippen LogP contribution in [0, 0.1) is 0 Å². The number of rotatable bonds is 2. The minimum atomic E-state index is -0.516. The molecular weight excluding hydrogens is 322 g/mol. The van der Waals surface area contributed by atoms with Gasteiger partial charge in [-0.25, -0.2) is 14.6 Å². The number of amides is 1. The summed E-state index contributed by atoms with van der Waals surface area (Å²) in [6, 6.07) is 3.49. The van der Waals surface area contributed by atoms with Crippen LogP contribution in [0.5, 0.6) is 0 Å². The number of pyridine rings is 1. The highest BCUT2D eigenvalue weighted by Crippen LogP contribution is 2.27. The molecule has 7 heteroatoms. The van der Waals surface area contributed by atoms with E-state index in [-0.39, 0.29) is 17.3 Å². The number of hydrogen-bond acceptors (Lipinski definition) is 6. The minimum absolute atomic E-state index is 0.276. The first-order chi connectivity index (χ1) is 11.5. The fourth-order valence-corrected chi connectivity index (χ4v) is 2.83. The number of carbonyl (C=O) groups is 2. The number of ether oxygens (including phenoxy) is 2. The molecule has 1 aromatic heterocycles. The van der Waals surface area contributed by atoms with Crippen molar-refractivity contribution in [2.24, 2.45) is 0 Å². The van der Waals surface area contributed by atoms with Gasteiger partial charge >= 0.3 is 12.1 Å². The summed E-state index contributed by atoms with van der Waals surface area (Å²) < 4.78 is 10.2. The van der Waals surface area contributed by atoms with Crippen molar-refractivity contribution in [3.63, 3.8) is 0 Å². The molecule has 7 nitrogen and oxygen atoms in total. The first-order valence-corrected chi connectivity index (χ1v) is 8.33. The highest BCUT2D eigenvalue weighted by atomic mass is 16.6. The van der Waals surface area contributed by atoms with Gasteiger partial charge in [-0.05, 0) is 46.8 Å². The van der Waals surface area contributed by atoms with Crippen LogP contribution in [0.1, 0.15) is 45.1 Å². The van der Waals surface area contributed by atoms with Crippen molar-refractivity contribution < 1.29 is 19.1 Å². The van der Waals surface area contributed by atoms with Crippen molar-refractivity contribution in [3.8, 4) is 0 Å². The summed E-state index contributed by atoms with van der Waals surface area (Å²) in [7, 11) is 1.33. The fourth-order valence-electron chi connectivity index (χ4n) is 2.83. The first kappa shape index (κ1) is 19.0. The first-order valence-electron chi connectivity index (χ1n) is 8.33. The molecule has 1 aromatic rings. The molecule has 0 radical (unpaired) electrons.